The molecule has 0 aliphatic heterocycles. The molecule has 1 fully saturated rings. The minimum Gasteiger partial charge on any atom is -0.493 e. The molecule has 1 aliphatic rings. The number of ether oxygens (including phenoxy) is 2. The van der Waals surface area contributed by atoms with Crippen molar-refractivity contribution in [3.63, 3.8) is 0 Å². The third kappa shape index (κ3) is 3.64. The summed E-state index contributed by atoms with van der Waals surface area (Å²) >= 11 is 0. The van der Waals surface area contributed by atoms with Gasteiger partial charge in [-0.3, -0.25) is 4.90 Å². The zero-order valence-electron chi connectivity index (χ0n) is 12.5. The van der Waals surface area contributed by atoms with E-state index in [1.807, 2.05) is 12.1 Å². The second-order valence-electron chi connectivity index (χ2n) is 5.32. The van der Waals surface area contributed by atoms with Crippen LogP contribution in [0.5, 0.6) is 11.5 Å². The third-order valence-corrected chi connectivity index (χ3v) is 4.06. The molecule has 1 aromatic rings. The molecule has 1 aromatic carbocycles. The quantitative estimate of drug-likeness (QED) is 0.832. The van der Waals surface area contributed by atoms with E-state index in [-0.39, 0.29) is 6.61 Å². The van der Waals surface area contributed by atoms with Crippen LogP contribution in [0.1, 0.15) is 31.2 Å². The van der Waals surface area contributed by atoms with Gasteiger partial charge >= 0.3 is 0 Å². The molecule has 2 rings (SSSR count). The van der Waals surface area contributed by atoms with Gasteiger partial charge in [0.05, 0.1) is 20.8 Å². The van der Waals surface area contributed by atoms with Crippen molar-refractivity contribution in [3.8, 4) is 11.5 Å². The predicted octanol–water partition coefficient (Wildman–Crippen LogP) is 2.44. The summed E-state index contributed by atoms with van der Waals surface area (Å²) in [6, 6.07) is 6.65. The van der Waals surface area contributed by atoms with E-state index >= 15 is 0 Å². The van der Waals surface area contributed by atoms with Gasteiger partial charge in [-0.2, -0.15) is 0 Å². The van der Waals surface area contributed by atoms with E-state index in [0.717, 1.165) is 24.6 Å². The molecule has 4 nitrogen and oxygen atoms in total. The first-order valence-corrected chi connectivity index (χ1v) is 7.34. The Bertz CT molecular complexity index is 416. The first kappa shape index (κ1) is 15.1. The molecule has 0 spiro atoms. The molecular formula is C16H25NO3. The zero-order valence-corrected chi connectivity index (χ0v) is 12.5. The monoisotopic (exact) mass is 279 g/mol. The highest BCUT2D eigenvalue weighted by Gasteiger charge is 2.22. The van der Waals surface area contributed by atoms with Gasteiger partial charge in [-0.15, -0.1) is 0 Å². The number of hydrogen-bond donors (Lipinski definition) is 1. The molecule has 0 unspecified atom stereocenters. The van der Waals surface area contributed by atoms with Crippen LogP contribution in [0.2, 0.25) is 0 Å². The number of aliphatic hydroxyl groups is 1. The summed E-state index contributed by atoms with van der Waals surface area (Å²) in [5.41, 5.74) is 1.20. The highest BCUT2D eigenvalue weighted by Crippen LogP contribution is 2.29. The van der Waals surface area contributed by atoms with E-state index < -0.39 is 0 Å². The van der Waals surface area contributed by atoms with Gasteiger partial charge in [-0.05, 0) is 30.5 Å². The van der Waals surface area contributed by atoms with Crippen molar-refractivity contribution in [1.29, 1.82) is 0 Å². The van der Waals surface area contributed by atoms with Crippen molar-refractivity contribution in [3.05, 3.63) is 23.8 Å². The predicted molar refractivity (Wildman–Crippen MR) is 79.3 cm³/mol. The van der Waals surface area contributed by atoms with Gasteiger partial charge < -0.3 is 14.6 Å². The Morgan fingerprint density at radius 1 is 1.15 bits per heavy atom. The van der Waals surface area contributed by atoms with E-state index in [1.165, 1.54) is 31.2 Å². The van der Waals surface area contributed by atoms with Gasteiger partial charge in [0, 0.05) is 19.1 Å². The molecule has 1 N–H and O–H groups in total. The fourth-order valence-electron chi connectivity index (χ4n) is 3.00. The van der Waals surface area contributed by atoms with Crippen LogP contribution >= 0.6 is 0 Å². The standard InChI is InChI=1S/C16H25NO3/c1-19-15-8-7-13(11-16(15)20-2)12-17(9-10-18)14-5-3-4-6-14/h7-8,11,14,18H,3-6,9-10,12H2,1-2H3. The minimum absolute atomic E-state index is 0.212. The maximum Gasteiger partial charge on any atom is 0.161 e. The molecule has 0 bridgehead atoms. The van der Waals surface area contributed by atoms with Crippen LogP contribution in [0, 0.1) is 0 Å². The molecule has 0 aromatic heterocycles. The van der Waals surface area contributed by atoms with E-state index in [9.17, 15) is 5.11 Å². The van der Waals surface area contributed by atoms with Crippen LogP contribution in [-0.4, -0.2) is 43.4 Å². The fourth-order valence-corrected chi connectivity index (χ4v) is 3.00. The van der Waals surface area contributed by atoms with Gasteiger partial charge in [0.25, 0.3) is 0 Å². The van der Waals surface area contributed by atoms with Crippen LogP contribution in [-0.2, 0) is 6.54 Å². The molecule has 112 valence electrons. The highest BCUT2D eigenvalue weighted by atomic mass is 16.5. The van der Waals surface area contributed by atoms with Crippen LogP contribution in [0.25, 0.3) is 0 Å². The van der Waals surface area contributed by atoms with Crippen LogP contribution < -0.4 is 9.47 Å². The summed E-state index contributed by atoms with van der Waals surface area (Å²) in [6.45, 7) is 1.80. The largest absolute Gasteiger partial charge is 0.493 e. The molecule has 1 saturated carbocycles. The summed E-state index contributed by atoms with van der Waals surface area (Å²) in [4.78, 5) is 2.38. The number of benzene rings is 1. The first-order valence-electron chi connectivity index (χ1n) is 7.34. The average Bonchev–Trinajstić information content (AvgIpc) is 3.00. The third-order valence-electron chi connectivity index (χ3n) is 4.06. The number of rotatable bonds is 7. The normalized spacial score (nSPS) is 15.8. The molecular weight excluding hydrogens is 254 g/mol. The first-order chi connectivity index (χ1) is 9.78. The molecule has 20 heavy (non-hydrogen) atoms. The Balaban J connectivity index is 2.09. The summed E-state index contributed by atoms with van der Waals surface area (Å²) < 4.78 is 10.6. The molecule has 0 saturated heterocycles. The summed E-state index contributed by atoms with van der Waals surface area (Å²) in [5, 5.41) is 9.27. The van der Waals surface area contributed by atoms with E-state index in [1.54, 1.807) is 14.2 Å². The highest BCUT2D eigenvalue weighted by molar-refractivity contribution is 5.42. The zero-order chi connectivity index (χ0) is 14.4. The minimum atomic E-state index is 0.212. The lowest BCUT2D eigenvalue weighted by Crippen LogP contribution is -2.35. The van der Waals surface area contributed by atoms with E-state index in [2.05, 4.69) is 11.0 Å². The Morgan fingerprint density at radius 2 is 1.85 bits per heavy atom. The number of methoxy groups -OCH3 is 2. The van der Waals surface area contributed by atoms with E-state index in [4.69, 9.17) is 9.47 Å². The SMILES string of the molecule is COc1ccc(CN(CCO)C2CCCC2)cc1OC. The van der Waals surface area contributed by atoms with Crippen molar-refractivity contribution < 1.29 is 14.6 Å². The van der Waals surface area contributed by atoms with Gasteiger partial charge in [0.15, 0.2) is 11.5 Å². The van der Waals surface area contributed by atoms with Crippen molar-refractivity contribution in [1.82, 2.24) is 4.90 Å². The Hall–Kier alpha value is -1.26. The molecule has 0 radical (unpaired) electrons. The lowest BCUT2D eigenvalue weighted by atomic mass is 10.1. The van der Waals surface area contributed by atoms with Gasteiger partial charge in [-0.1, -0.05) is 18.9 Å². The summed E-state index contributed by atoms with van der Waals surface area (Å²) in [5.74, 6) is 1.52. The maximum atomic E-state index is 9.27. The van der Waals surface area contributed by atoms with Gasteiger partial charge in [-0.25, -0.2) is 0 Å². The van der Waals surface area contributed by atoms with Crippen molar-refractivity contribution in [2.45, 2.75) is 38.3 Å². The van der Waals surface area contributed by atoms with Gasteiger partial charge in [0.1, 0.15) is 0 Å². The molecule has 0 heterocycles. The Morgan fingerprint density at radius 3 is 2.45 bits per heavy atom. The number of hydrogen-bond acceptors (Lipinski definition) is 4. The van der Waals surface area contributed by atoms with Crippen molar-refractivity contribution in [2.24, 2.45) is 0 Å². The van der Waals surface area contributed by atoms with Crippen molar-refractivity contribution >= 4 is 0 Å². The van der Waals surface area contributed by atoms with Crippen molar-refractivity contribution in [2.75, 3.05) is 27.4 Å². The second-order valence-corrected chi connectivity index (χ2v) is 5.32. The molecule has 0 atom stereocenters. The second kappa shape index (κ2) is 7.50. The number of nitrogens with zero attached hydrogens (tertiary/aromatic N) is 1. The van der Waals surface area contributed by atoms with Crippen LogP contribution in [0.3, 0.4) is 0 Å². The van der Waals surface area contributed by atoms with Gasteiger partial charge in [0.2, 0.25) is 0 Å². The summed E-state index contributed by atoms with van der Waals surface area (Å²) in [7, 11) is 3.30. The molecule has 4 heteroatoms. The van der Waals surface area contributed by atoms with Crippen LogP contribution in [0.15, 0.2) is 18.2 Å². The average molecular weight is 279 g/mol. The summed E-state index contributed by atoms with van der Waals surface area (Å²) in [6.07, 6.45) is 5.09. The fraction of sp³-hybridized carbons (Fsp3) is 0.625. The van der Waals surface area contributed by atoms with Crippen LogP contribution in [0.4, 0.5) is 0 Å². The Kier molecular flexibility index (Phi) is 5.68. The molecule has 1 aliphatic carbocycles. The lowest BCUT2D eigenvalue weighted by Gasteiger charge is -2.28. The Labute approximate surface area is 121 Å². The topological polar surface area (TPSA) is 41.9 Å². The smallest absolute Gasteiger partial charge is 0.161 e. The van der Waals surface area contributed by atoms with E-state index in [0.29, 0.717) is 6.04 Å². The molecule has 0 amide bonds. The lowest BCUT2D eigenvalue weighted by molar-refractivity contribution is 0.144. The number of aliphatic hydroxyl groups excluding tert-OH is 1. The maximum absolute atomic E-state index is 9.27.